The topological polar surface area (TPSA) is 115 Å². The molecule has 0 aliphatic carbocycles. The Morgan fingerprint density at radius 1 is 0.976 bits per heavy atom. The third-order valence-electron chi connectivity index (χ3n) is 6.73. The molecule has 41 heavy (non-hydrogen) atoms. The van der Waals surface area contributed by atoms with Crippen LogP contribution in [0.3, 0.4) is 0 Å². The number of urea groups is 1. The second kappa shape index (κ2) is 9.66. The minimum absolute atomic E-state index is 0.0191. The summed E-state index contributed by atoms with van der Waals surface area (Å²) in [6.07, 6.45) is 0.789. The van der Waals surface area contributed by atoms with Crippen LogP contribution in [0.2, 0.25) is 0 Å². The van der Waals surface area contributed by atoms with Crippen LogP contribution in [0.25, 0.3) is 38.8 Å². The molecular weight excluding hydrogens is 533 g/mol. The molecule has 0 unspecified atom stereocenters. The van der Waals surface area contributed by atoms with E-state index in [1.165, 1.54) is 12.1 Å². The van der Waals surface area contributed by atoms with E-state index < -0.39 is 17.8 Å². The highest BCUT2D eigenvalue weighted by Crippen LogP contribution is 2.38. The Bertz CT molecular complexity index is 1960. The Morgan fingerprint density at radius 3 is 2.49 bits per heavy atom. The number of aromatic nitrogens is 5. The van der Waals surface area contributed by atoms with Crippen molar-refractivity contribution in [3.63, 3.8) is 0 Å². The molecule has 0 saturated heterocycles. The number of nitrogens with one attached hydrogen (secondary N) is 2. The lowest BCUT2D eigenvalue weighted by molar-refractivity contribution is -0.137. The summed E-state index contributed by atoms with van der Waals surface area (Å²) in [6.45, 7) is 1.88. The monoisotopic (exact) mass is 556 g/mol. The number of imidazole rings is 1. The maximum Gasteiger partial charge on any atom is 0.416 e. The first-order valence-corrected chi connectivity index (χ1v) is 12.5. The molecule has 0 saturated carbocycles. The zero-order valence-electron chi connectivity index (χ0n) is 21.9. The van der Waals surface area contributed by atoms with Gasteiger partial charge >= 0.3 is 12.2 Å². The number of amides is 2. The van der Waals surface area contributed by atoms with E-state index in [9.17, 15) is 18.0 Å². The highest BCUT2D eigenvalue weighted by molar-refractivity contribution is 6.11. The predicted molar refractivity (Wildman–Crippen MR) is 151 cm³/mol. The van der Waals surface area contributed by atoms with E-state index in [1.54, 1.807) is 23.1 Å². The van der Waals surface area contributed by atoms with Gasteiger partial charge in [-0.05, 0) is 36.6 Å². The average molecular weight is 557 g/mol. The van der Waals surface area contributed by atoms with Gasteiger partial charge in [0.2, 0.25) is 0 Å². The summed E-state index contributed by atoms with van der Waals surface area (Å²) in [5.74, 6) is 1.01. The standard InChI is InChI=1S/C29H23F3N8O/c1-16-36-25(26-27(33)34-14-24(40(16)26)17-13-35-39(2)15-17)22-10-11-23(21-9-4-3-8-20(21)22)38-28(41)37-19-7-5-6-18(12-19)29(30,31)32/h3-15H,1-2H3,(H2,33,34)(H2,37,38,41). The predicted octanol–water partition coefficient (Wildman–Crippen LogP) is 6.50. The quantitative estimate of drug-likeness (QED) is 0.229. The number of carbonyl (C=O) groups excluding carboxylic acids is 1. The maximum atomic E-state index is 13.1. The van der Waals surface area contributed by atoms with Gasteiger partial charge in [-0.3, -0.25) is 9.08 Å². The summed E-state index contributed by atoms with van der Waals surface area (Å²) in [6, 6.07) is 14.7. The molecule has 0 spiro atoms. The molecule has 0 fully saturated rings. The third kappa shape index (κ3) is 4.69. The van der Waals surface area contributed by atoms with Gasteiger partial charge in [-0.2, -0.15) is 18.3 Å². The number of anilines is 3. The van der Waals surface area contributed by atoms with Crippen LogP contribution in [0.5, 0.6) is 0 Å². The first kappa shape index (κ1) is 25.9. The van der Waals surface area contributed by atoms with Crippen molar-refractivity contribution < 1.29 is 18.0 Å². The van der Waals surface area contributed by atoms with Crippen molar-refractivity contribution in [2.75, 3.05) is 16.4 Å². The molecule has 3 aromatic heterocycles. The van der Waals surface area contributed by atoms with Gasteiger partial charge in [-0.25, -0.2) is 14.8 Å². The fourth-order valence-corrected chi connectivity index (χ4v) is 4.93. The number of hydrogen-bond acceptors (Lipinski definition) is 5. The molecule has 0 atom stereocenters. The number of benzene rings is 3. The molecule has 9 nitrogen and oxygen atoms in total. The van der Waals surface area contributed by atoms with Gasteiger partial charge in [0.1, 0.15) is 22.9 Å². The average Bonchev–Trinajstić information content (AvgIpc) is 3.52. The summed E-state index contributed by atoms with van der Waals surface area (Å²) >= 11 is 0. The van der Waals surface area contributed by atoms with Gasteiger partial charge in [0, 0.05) is 35.4 Å². The number of nitrogens with zero attached hydrogens (tertiary/aromatic N) is 5. The molecule has 6 aromatic rings. The van der Waals surface area contributed by atoms with E-state index in [0.717, 1.165) is 34.3 Å². The summed E-state index contributed by atoms with van der Waals surface area (Å²) in [7, 11) is 1.83. The van der Waals surface area contributed by atoms with Crippen LogP contribution in [-0.4, -0.2) is 30.2 Å². The number of hydrogen-bond donors (Lipinski definition) is 3. The zero-order valence-corrected chi connectivity index (χ0v) is 21.9. The number of nitrogens with two attached hydrogens (primary N) is 1. The van der Waals surface area contributed by atoms with E-state index in [-0.39, 0.29) is 5.69 Å². The van der Waals surface area contributed by atoms with Crippen LogP contribution in [0.1, 0.15) is 11.4 Å². The number of alkyl halides is 3. The summed E-state index contributed by atoms with van der Waals surface area (Å²) < 4.78 is 42.9. The molecule has 3 heterocycles. The molecule has 6 rings (SSSR count). The van der Waals surface area contributed by atoms with Crippen LogP contribution in [0, 0.1) is 6.92 Å². The van der Waals surface area contributed by atoms with E-state index >= 15 is 0 Å². The van der Waals surface area contributed by atoms with Crippen LogP contribution >= 0.6 is 0 Å². The van der Waals surface area contributed by atoms with Crippen molar-refractivity contribution in [3.05, 3.63) is 90.6 Å². The highest BCUT2D eigenvalue weighted by Gasteiger charge is 2.30. The van der Waals surface area contributed by atoms with Crippen molar-refractivity contribution in [3.8, 4) is 22.5 Å². The second-order valence-electron chi connectivity index (χ2n) is 9.49. The normalized spacial score (nSPS) is 11.7. The van der Waals surface area contributed by atoms with Crippen LogP contribution in [0.15, 0.2) is 79.3 Å². The fraction of sp³-hybridized carbons (Fsp3) is 0.103. The van der Waals surface area contributed by atoms with Crippen LogP contribution in [-0.2, 0) is 13.2 Å². The Balaban J connectivity index is 1.40. The number of aryl methyl sites for hydroxylation is 2. The molecular formula is C29H23F3N8O. The van der Waals surface area contributed by atoms with Gasteiger partial charge < -0.3 is 16.4 Å². The molecule has 0 bridgehead atoms. The van der Waals surface area contributed by atoms with Crippen LogP contribution < -0.4 is 16.4 Å². The molecule has 0 radical (unpaired) electrons. The Morgan fingerprint density at radius 2 is 1.76 bits per heavy atom. The van der Waals surface area contributed by atoms with Gasteiger partial charge in [0.05, 0.1) is 29.3 Å². The Labute approximate surface area is 231 Å². The zero-order chi connectivity index (χ0) is 28.9. The largest absolute Gasteiger partial charge is 0.416 e. The summed E-state index contributed by atoms with van der Waals surface area (Å²) in [5.41, 5.74) is 9.68. The van der Waals surface area contributed by atoms with Crippen molar-refractivity contribution >= 4 is 39.5 Å². The summed E-state index contributed by atoms with van der Waals surface area (Å²) in [4.78, 5) is 22.1. The first-order valence-electron chi connectivity index (χ1n) is 12.5. The second-order valence-corrected chi connectivity index (χ2v) is 9.49. The first-order chi connectivity index (χ1) is 19.6. The van der Waals surface area contributed by atoms with E-state index in [0.29, 0.717) is 33.9 Å². The smallest absolute Gasteiger partial charge is 0.382 e. The number of rotatable bonds is 4. The van der Waals surface area contributed by atoms with Gasteiger partial charge in [-0.1, -0.05) is 36.4 Å². The van der Waals surface area contributed by atoms with Gasteiger partial charge in [0.15, 0.2) is 0 Å². The number of fused-ring (bicyclic) bond motifs is 2. The minimum atomic E-state index is -4.52. The van der Waals surface area contributed by atoms with Gasteiger partial charge in [0.25, 0.3) is 0 Å². The molecule has 206 valence electrons. The molecule has 3 aromatic carbocycles. The van der Waals surface area contributed by atoms with E-state index in [2.05, 4.69) is 20.7 Å². The molecule has 0 aliphatic rings. The Hall–Kier alpha value is -5.39. The SMILES string of the molecule is Cc1nc(-c2ccc(NC(=O)Nc3cccc(C(F)(F)F)c3)c3ccccc23)c2c(N)ncc(-c3cnn(C)c3)n12. The minimum Gasteiger partial charge on any atom is -0.382 e. The fourth-order valence-electron chi connectivity index (χ4n) is 4.93. The lowest BCUT2D eigenvalue weighted by atomic mass is 10.00. The van der Waals surface area contributed by atoms with Gasteiger partial charge in [-0.15, -0.1) is 0 Å². The van der Waals surface area contributed by atoms with E-state index in [4.69, 9.17) is 10.7 Å². The van der Waals surface area contributed by atoms with Crippen LogP contribution in [0.4, 0.5) is 35.2 Å². The molecule has 4 N–H and O–H groups in total. The molecule has 0 aliphatic heterocycles. The number of halogens is 3. The molecule has 2 amide bonds. The van der Waals surface area contributed by atoms with Crippen molar-refractivity contribution in [2.24, 2.45) is 7.05 Å². The third-order valence-corrected chi connectivity index (χ3v) is 6.73. The van der Waals surface area contributed by atoms with Crippen molar-refractivity contribution in [2.45, 2.75) is 13.1 Å². The maximum absolute atomic E-state index is 13.1. The summed E-state index contributed by atoms with van der Waals surface area (Å²) in [5, 5.41) is 11.0. The molecule has 12 heteroatoms. The lowest BCUT2D eigenvalue weighted by Crippen LogP contribution is -2.20. The Kier molecular flexibility index (Phi) is 6.10. The highest BCUT2D eigenvalue weighted by atomic mass is 19.4. The number of carbonyl (C=O) groups is 1. The van der Waals surface area contributed by atoms with Crippen molar-refractivity contribution in [1.82, 2.24) is 24.1 Å². The van der Waals surface area contributed by atoms with Crippen molar-refractivity contribution in [1.29, 1.82) is 0 Å². The number of nitrogen functional groups attached to an aromatic ring is 1. The lowest BCUT2D eigenvalue weighted by Gasteiger charge is -2.14. The van der Waals surface area contributed by atoms with E-state index in [1.807, 2.05) is 54.9 Å².